The van der Waals surface area contributed by atoms with Gasteiger partial charge in [0.15, 0.2) is 0 Å². The molecule has 0 aromatic carbocycles. The average molecular weight is 328 g/mol. The fourth-order valence-electron chi connectivity index (χ4n) is 1.36. The third-order valence-corrected chi connectivity index (χ3v) is 4.26. The van der Waals surface area contributed by atoms with E-state index in [-0.39, 0.29) is 0 Å². The van der Waals surface area contributed by atoms with E-state index < -0.39 is 0 Å². The largest absolute Gasteiger partial charge is 0.468 e. The van der Waals surface area contributed by atoms with Crippen LogP contribution < -0.4 is 5.32 Å². The molecule has 4 nitrogen and oxygen atoms in total. The fraction of sp³-hybridized carbons (Fsp3) is 0.333. The Labute approximate surface area is 119 Å². The van der Waals surface area contributed by atoms with Crippen molar-refractivity contribution in [1.82, 2.24) is 9.97 Å². The van der Waals surface area contributed by atoms with Gasteiger partial charge in [0.1, 0.15) is 22.9 Å². The van der Waals surface area contributed by atoms with E-state index in [1.807, 2.05) is 12.1 Å². The summed E-state index contributed by atoms with van der Waals surface area (Å²) >= 11 is 5.16. The van der Waals surface area contributed by atoms with Crippen LogP contribution in [0.2, 0.25) is 0 Å². The Balaban J connectivity index is 2.03. The van der Waals surface area contributed by atoms with Gasteiger partial charge in [-0.1, -0.05) is 18.7 Å². The predicted molar refractivity (Wildman–Crippen MR) is 76.8 cm³/mol. The number of halogens is 1. The van der Waals surface area contributed by atoms with Crippen molar-refractivity contribution in [3.05, 3.63) is 35.0 Å². The maximum Gasteiger partial charge on any atom is 0.144 e. The smallest absolute Gasteiger partial charge is 0.144 e. The molecule has 0 saturated carbocycles. The van der Waals surface area contributed by atoms with E-state index in [1.54, 1.807) is 24.4 Å². The third kappa shape index (κ3) is 3.49. The lowest BCUT2D eigenvalue weighted by molar-refractivity contribution is 0.530. The first-order valence-electron chi connectivity index (χ1n) is 5.70. The van der Waals surface area contributed by atoms with Crippen molar-refractivity contribution >= 4 is 33.5 Å². The van der Waals surface area contributed by atoms with E-state index in [2.05, 4.69) is 38.1 Å². The van der Waals surface area contributed by atoms with Gasteiger partial charge in [0, 0.05) is 6.54 Å². The lowest BCUT2D eigenvalue weighted by Gasteiger charge is -2.08. The molecule has 0 radical (unpaired) electrons. The Morgan fingerprint density at radius 2 is 2.33 bits per heavy atom. The zero-order valence-electron chi connectivity index (χ0n) is 10.0. The number of thioether (sulfide) groups is 1. The molecule has 0 spiro atoms. The maximum absolute atomic E-state index is 5.30. The van der Waals surface area contributed by atoms with Crippen molar-refractivity contribution in [2.75, 3.05) is 11.9 Å². The van der Waals surface area contributed by atoms with Crippen LogP contribution in [0.25, 0.3) is 0 Å². The van der Waals surface area contributed by atoms with E-state index in [4.69, 9.17) is 4.42 Å². The summed E-state index contributed by atoms with van der Waals surface area (Å²) in [6.45, 7) is 3.02. The first-order chi connectivity index (χ1) is 8.81. The minimum atomic E-state index is 0.760. The summed E-state index contributed by atoms with van der Waals surface area (Å²) < 4.78 is 6.21. The van der Waals surface area contributed by atoms with Crippen LogP contribution in [0.15, 0.2) is 38.6 Å². The number of nitrogens with zero attached hydrogens (tertiary/aromatic N) is 2. The topological polar surface area (TPSA) is 51.0 Å². The first kappa shape index (κ1) is 13.4. The molecule has 2 aromatic heterocycles. The standard InChI is InChI=1S/C12H14BrN3OS/c1-2-5-14-11-10(13)12(16-8-15-11)18-7-9-4-3-6-17-9/h3-4,6,8H,2,5,7H2,1H3,(H,14,15,16). The van der Waals surface area contributed by atoms with Gasteiger partial charge in [-0.2, -0.15) is 0 Å². The zero-order valence-corrected chi connectivity index (χ0v) is 12.4. The second-order valence-electron chi connectivity index (χ2n) is 3.64. The molecule has 0 atom stereocenters. The summed E-state index contributed by atoms with van der Waals surface area (Å²) in [6, 6.07) is 3.84. The summed E-state index contributed by atoms with van der Waals surface area (Å²) in [5.41, 5.74) is 0. The predicted octanol–water partition coefficient (Wildman–Crippen LogP) is 3.95. The van der Waals surface area contributed by atoms with Crippen LogP contribution in [0.4, 0.5) is 5.82 Å². The number of anilines is 1. The molecule has 0 unspecified atom stereocenters. The molecule has 0 amide bonds. The number of rotatable bonds is 6. The van der Waals surface area contributed by atoms with Crippen LogP contribution in [-0.2, 0) is 5.75 Å². The van der Waals surface area contributed by atoms with Crippen molar-refractivity contribution in [3.8, 4) is 0 Å². The molecule has 6 heteroatoms. The van der Waals surface area contributed by atoms with Gasteiger partial charge < -0.3 is 9.73 Å². The van der Waals surface area contributed by atoms with E-state index in [0.29, 0.717) is 0 Å². The van der Waals surface area contributed by atoms with Crippen molar-refractivity contribution in [1.29, 1.82) is 0 Å². The molecule has 2 rings (SSSR count). The van der Waals surface area contributed by atoms with Gasteiger partial charge >= 0.3 is 0 Å². The van der Waals surface area contributed by atoms with Gasteiger partial charge in [-0.15, -0.1) is 0 Å². The lowest BCUT2D eigenvalue weighted by atomic mass is 10.4. The molecule has 1 N–H and O–H groups in total. The Kier molecular flexibility index (Phi) is 5.07. The van der Waals surface area contributed by atoms with E-state index >= 15 is 0 Å². The molecule has 0 aliphatic heterocycles. The summed E-state index contributed by atoms with van der Waals surface area (Å²) in [6.07, 6.45) is 4.32. The van der Waals surface area contributed by atoms with Crippen molar-refractivity contribution in [2.24, 2.45) is 0 Å². The number of aromatic nitrogens is 2. The molecule has 0 aliphatic carbocycles. The second-order valence-corrected chi connectivity index (χ2v) is 5.39. The highest BCUT2D eigenvalue weighted by Crippen LogP contribution is 2.31. The Hall–Kier alpha value is -1.01. The van der Waals surface area contributed by atoms with Gasteiger partial charge in [0.2, 0.25) is 0 Å². The van der Waals surface area contributed by atoms with Crippen LogP contribution in [0.1, 0.15) is 19.1 Å². The van der Waals surface area contributed by atoms with Crippen molar-refractivity contribution < 1.29 is 4.42 Å². The van der Waals surface area contributed by atoms with Crippen LogP contribution in [0.3, 0.4) is 0 Å². The minimum absolute atomic E-state index is 0.760. The molecular weight excluding hydrogens is 314 g/mol. The Morgan fingerprint density at radius 1 is 1.44 bits per heavy atom. The van der Waals surface area contributed by atoms with Gasteiger partial charge in [0.25, 0.3) is 0 Å². The van der Waals surface area contributed by atoms with Crippen LogP contribution in [0, 0.1) is 0 Å². The molecule has 96 valence electrons. The third-order valence-electron chi connectivity index (χ3n) is 2.23. The zero-order chi connectivity index (χ0) is 12.8. The molecule has 0 bridgehead atoms. The lowest BCUT2D eigenvalue weighted by Crippen LogP contribution is -2.03. The fourth-order valence-corrected chi connectivity index (χ4v) is 2.83. The highest BCUT2D eigenvalue weighted by atomic mass is 79.9. The van der Waals surface area contributed by atoms with Crippen LogP contribution in [0.5, 0.6) is 0 Å². The quantitative estimate of drug-likeness (QED) is 0.643. The van der Waals surface area contributed by atoms with E-state index in [1.165, 1.54) is 0 Å². The molecule has 2 aromatic rings. The normalized spacial score (nSPS) is 10.6. The summed E-state index contributed by atoms with van der Waals surface area (Å²) in [4.78, 5) is 8.49. The van der Waals surface area contributed by atoms with Gasteiger partial charge in [0.05, 0.1) is 16.5 Å². The summed E-state index contributed by atoms with van der Waals surface area (Å²) in [5, 5.41) is 4.18. The van der Waals surface area contributed by atoms with Crippen LogP contribution >= 0.6 is 27.7 Å². The number of hydrogen-bond donors (Lipinski definition) is 1. The van der Waals surface area contributed by atoms with Crippen molar-refractivity contribution in [3.63, 3.8) is 0 Å². The molecule has 2 heterocycles. The van der Waals surface area contributed by atoms with E-state index in [0.717, 1.165) is 39.8 Å². The number of furan rings is 1. The monoisotopic (exact) mass is 327 g/mol. The number of nitrogens with one attached hydrogen (secondary N) is 1. The average Bonchev–Trinajstić information content (AvgIpc) is 2.89. The van der Waals surface area contributed by atoms with Crippen molar-refractivity contribution in [2.45, 2.75) is 24.1 Å². The summed E-state index contributed by atoms with van der Waals surface area (Å²) in [5.74, 6) is 2.54. The van der Waals surface area contributed by atoms with Gasteiger partial charge in [-0.25, -0.2) is 9.97 Å². The Bertz CT molecular complexity index is 490. The van der Waals surface area contributed by atoms with Gasteiger partial charge in [-0.3, -0.25) is 0 Å². The van der Waals surface area contributed by atoms with E-state index in [9.17, 15) is 0 Å². The van der Waals surface area contributed by atoms with Crippen LogP contribution in [-0.4, -0.2) is 16.5 Å². The summed E-state index contributed by atoms with van der Waals surface area (Å²) in [7, 11) is 0. The maximum atomic E-state index is 5.30. The first-order valence-corrected chi connectivity index (χ1v) is 7.48. The number of hydrogen-bond acceptors (Lipinski definition) is 5. The molecular formula is C12H14BrN3OS. The molecule has 0 fully saturated rings. The highest BCUT2D eigenvalue weighted by molar-refractivity contribution is 9.10. The minimum Gasteiger partial charge on any atom is -0.468 e. The highest BCUT2D eigenvalue weighted by Gasteiger charge is 2.09. The molecule has 18 heavy (non-hydrogen) atoms. The molecule has 0 aliphatic rings. The Morgan fingerprint density at radius 3 is 3.06 bits per heavy atom. The van der Waals surface area contributed by atoms with Gasteiger partial charge in [-0.05, 0) is 34.5 Å². The SMILES string of the molecule is CCCNc1ncnc(SCc2ccco2)c1Br. The molecule has 0 saturated heterocycles. The second kappa shape index (κ2) is 6.80.